The van der Waals surface area contributed by atoms with Crippen LogP contribution in [0, 0.1) is 19.3 Å². The van der Waals surface area contributed by atoms with Crippen molar-refractivity contribution in [2.75, 3.05) is 0 Å². The van der Waals surface area contributed by atoms with E-state index in [2.05, 4.69) is 9.97 Å². The third kappa shape index (κ3) is 4.29. The zero-order chi connectivity index (χ0) is 18.9. The highest BCUT2D eigenvalue weighted by Crippen LogP contribution is 2.45. The summed E-state index contributed by atoms with van der Waals surface area (Å²) in [6, 6.07) is 0. The van der Waals surface area contributed by atoms with Crippen LogP contribution < -0.4 is 0 Å². The molecule has 1 saturated carbocycles. The number of thiazole rings is 2. The molecular weight excluding hydrogens is 372 g/mol. The molecule has 26 heavy (non-hydrogen) atoms. The predicted molar refractivity (Wildman–Crippen MR) is 99.3 cm³/mol. The van der Waals surface area contributed by atoms with Crippen molar-refractivity contribution in [3.63, 3.8) is 0 Å². The largest absolute Gasteiger partial charge is 0.461 e. The number of aromatic nitrogens is 2. The first-order chi connectivity index (χ1) is 12.2. The molecule has 2 aromatic heterocycles. The first kappa shape index (κ1) is 19.0. The van der Waals surface area contributed by atoms with E-state index in [1.807, 2.05) is 38.5 Å². The minimum Gasteiger partial charge on any atom is -0.461 e. The van der Waals surface area contributed by atoms with Crippen LogP contribution in [0.15, 0.2) is 10.8 Å². The zero-order valence-corrected chi connectivity index (χ0v) is 16.9. The molecule has 3 rings (SSSR count). The predicted octanol–water partition coefficient (Wildman–Crippen LogP) is 3.26. The van der Waals surface area contributed by atoms with E-state index in [1.54, 1.807) is 0 Å². The van der Waals surface area contributed by atoms with Gasteiger partial charge < -0.3 is 9.47 Å². The summed E-state index contributed by atoms with van der Waals surface area (Å²) >= 11 is 3.03. The van der Waals surface area contributed by atoms with Gasteiger partial charge in [0.15, 0.2) is 0 Å². The molecule has 0 aliphatic heterocycles. The summed E-state index contributed by atoms with van der Waals surface area (Å²) in [5.74, 6) is -0.591. The lowest BCUT2D eigenvalue weighted by atomic mass is 9.66. The van der Waals surface area contributed by atoms with E-state index in [1.165, 1.54) is 22.7 Å². The van der Waals surface area contributed by atoms with Crippen LogP contribution >= 0.6 is 22.7 Å². The molecule has 8 heteroatoms. The highest BCUT2D eigenvalue weighted by molar-refractivity contribution is 7.09. The average Bonchev–Trinajstić information content (AvgIpc) is 3.14. The van der Waals surface area contributed by atoms with Crippen molar-refractivity contribution in [2.24, 2.45) is 5.41 Å². The fourth-order valence-corrected chi connectivity index (χ4v) is 4.15. The molecule has 6 nitrogen and oxygen atoms in total. The van der Waals surface area contributed by atoms with E-state index in [4.69, 9.17) is 9.47 Å². The average molecular weight is 395 g/mol. The summed E-state index contributed by atoms with van der Waals surface area (Å²) in [7, 11) is 0. The maximum atomic E-state index is 12.1. The quantitative estimate of drug-likeness (QED) is 0.700. The molecule has 0 radical (unpaired) electrons. The molecule has 1 aliphatic carbocycles. The second kappa shape index (κ2) is 7.44. The number of hydrogen-bond donors (Lipinski definition) is 0. The molecule has 0 aromatic carbocycles. The summed E-state index contributed by atoms with van der Waals surface area (Å²) in [5, 5.41) is 5.60. The third-order valence-electron chi connectivity index (χ3n) is 4.62. The molecule has 0 unspecified atom stereocenters. The van der Waals surface area contributed by atoms with Crippen molar-refractivity contribution >= 4 is 34.6 Å². The molecule has 2 atom stereocenters. The highest BCUT2D eigenvalue weighted by Gasteiger charge is 2.53. The van der Waals surface area contributed by atoms with Crippen LogP contribution in [0.2, 0.25) is 0 Å². The van der Waals surface area contributed by atoms with Gasteiger partial charge in [0.25, 0.3) is 0 Å². The summed E-state index contributed by atoms with van der Waals surface area (Å²) in [6.45, 7) is 7.71. The normalized spacial score (nSPS) is 21.1. The summed E-state index contributed by atoms with van der Waals surface area (Å²) in [6.07, 6.45) is 0.356. The lowest BCUT2D eigenvalue weighted by molar-refractivity contribution is -0.205. The summed E-state index contributed by atoms with van der Waals surface area (Å²) < 4.78 is 11.1. The summed E-state index contributed by atoms with van der Waals surface area (Å²) in [4.78, 5) is 32.8. The van der Waals surface area contributed by atoms with Crippen LogP contribution in [0.25, 0.3) is 0 Å². The van der Waals surface area contributed by atoms with Crippen molar-refractivity contribution < 1.29 is 19.1 Å². The van der Waals surface area contributed by atoms with Gasteiger partial charge in [-0.05, 0) is 13.8 Å². The Hall–Kier alpha value is -1.80. The monoisotopic (exact) mass is 394 g/mol. The Morgan fingerprint density at radius 2 is 1.42 bits per heavy atom. The van der Waals surface area contributed by atoms with Crippen LogP contribution in [-0.4, -0.2) is 34.1 Å². The van der Waals surface area contributed by atoms with Gasteiger partial charge in [-0.1, -0.05) is 13.8 Å². The van der Waals surface area contributed by atoms with Crippen LogP contribution in [0.1, 0.15) is 41.7 Å². The number of carbonyl (C=O) groups excluding carboxylic acids is 2. The number of rotatable bonds is 6. The van der Waals surface area contributed by atoms with Gasteiger partial charge in [-0.2, -0.15) is 0 Å². The molecule has 0 saturated heterocycles. The number of aryl methyl sites for hydroxylation is 2. The topological polar surface area (TPSA) is 78.4 Å². The van der Waals surface area contributed by atoms with Crippen LogP contribution in [0.4, 0.5) is 0 Å². The lowest BCUT2D eigenvalue weighted by Gasteiger charge is -2.49. The van der Waals surface area contributed by atoms with Gasteiger partial charge in [-0.25, -0.2) is 9.97 Å². The number of esters is 2. The molecule has 0 spiro atoms. The fourth-order valence-electron chi connectivity index (χ4n) is 2.92. The minimum absolute atomic E-state index is 0.171. The van der Waals surface area contributed by atoms with Crippen LogP contribution in [0.3, 0.4) is 0 Å². The molecular formula is C18H22N2O4S2. The maximum absolute atomic E-state index is 12.1. The molecule has 0 N–H and O–H groups in total. The molecule has 1 aliphatic rings. The Bertz CT molecular complexity index is 747. The molecule has 0 amide bonds. The van der Waals surface area contributed by atoms with E-state index in [-0.39, 0.29) is 37.0 Å². The SMILES string of the molecule is Cc1nc(CC(=O)O[C@@H]2C[C@@H](OC(=O)Cc3csc(C)n3)C2(C)C)cs1. The standard InChI is InChI=1S/C18H22N2O4S2/c1-10-19-12(8-25-10)5-16(21)23-14-7-15(18(14,3)4)24-17(22)6-13-9-26-11(2)20-13/h8-9,14-15H,5-7H2,1-4H3/t14-,15-/m1/s1. The van der Waals surface area contributed by atoms with Gasteiger partial charge >= 0.3 is 11.9 Å². The van der Waals surface area contributed by atoms with Crippen molar-refractivity contribution in [3.05, 3.63) is 32.2 Å². The van der Waals surface area contributed by atoms with E-state index in [0.29, 0.717) is 6.42 Å². The van der Waals surface area contributed by atoms with Gasteiger partial charge in [0, 0.05) is 22.6 Å². The number of hydrogen-bond acceptors (Lipinski definition) is 8. The molecule has 140 valence electrons. The lowest BCUT2D eigenvalue weighted by Crippen LogP contribution is -2.57. The first-order valence-corrected chi connectivity index (χ1v) is 10.2. The molecule has 2 aromatic rings. The maximum Gasteiger partial charge on any atom is 0.312 e. The van der Waals surface area contributed by atoms with E-state index < -0.39 is 5.41 Å². The second-order valence-electron chi connectivity index (χ2n) is 7.08. The number of carbonyl (C=O) groups is 2. The molecule has 1 fully saturated rings. The van der Waals surface area contributed by atoms with E-state index in [9.17, 15) is 9.59 Å². The van der Waals surface area contributed by atoms with E-state index in [0.717, 1.165) is 21.4 Å². The Morgan fingerprint density at radius 3 is 1.73 bits per heavy atom. The number of ether oxygens (including phenoxy) is 2. The third-order valence-corrected chi connectivity index (χ3v) is 6.26. The Balaban J connectivity index is 1.47. The van der Waals surface area contributed by atoms with Gasteiger partial charge in [0.05, 0.1) is 34.2 Å². The van der Waals surface area contributed by atoms with Crippen LogP contribution in [-0.2, 0) is 31.9 Å². The van der Waals surface area contributed by atoms with Crippen molar-refractivity contribution in [2.45, 2.75) is 59.2 Å². The minimum atomic E-state index is -0.401. The smallest absolute Gasteiger partial charge is 0.312 e. The van der Waals surface area contributed by atoms with Crippen molar-refractivity contribution in [1.29, 1.82) is 0 Å². The zero-order valence-electron chi connectivity index (χ0n) is 15.3. The van der Waals surface area contributed by atoms with E-state index >= 15 is 0 Å². The molecule has 2 heterocycles. The second-order valence-corrected chi connectivity index (χ2v) is 9.21. The highest BCUT2D eigenvalue weighted by atomic mass is 32.1. The van der Waals surface area contributed by atoms with Crippen molar-refractivity contribution in [3.8, 4) is 0 Å². The molecule has 0 bridgehead atoms. The van der Waals surface area contributed by atoms with Gasteiger partial charge in [0.1, 0.15) is 12.2 Å². The van der Waals surface area contributed by atoms with Gasteiger partial charge in [0.2, 0.25) is 0 Å². The fraction of sp³-hybridized carbons (Fsp3) is 0.556. The Morgan fingerprint density at radius 1 is 1.00 bits per heavy atom. The van der Waals surface area contributed by atoms with Gasteiger partial charge in [-0.3, -0.25) is 9.59 Å². The van der Waals surface area contributed by atoms with Gasteiger partial charge in [-0.15, -0.1) is 22.7 Å². The Labute approximate surface area is 160 Å². The Kier molecular flexibility index (Phi) is 5.43. The van der Waals surface area contributed by atoms with Crippen LogP contribution in [0.5, 0.6) is 0 Å². The van der Waals surface area contributed by atoms with Crippen molar-refractivity contribution in [1.82, 2.24) is 9.97 Å². The first-order valence-electron chi connectivity index (χ1n) is 8.45. The number of nitrogens with zero attached hydrogens (tertiary/aromatic N) is 2. The summed E-state index contributed by atoms with van der Waals surface area (Å²) in [5.41, 5.74) is 1.06.